The van der Waals surface area contributed by atoms with Gasteiger partial charge >= 0.3 is 0 Å². The first-order valence-corrected chi connectivity index (χ1v) is 5.18. The smallest absolute Gasteiger partial charge is 0.225 e. The second kappa shape index (κ2) is 4.98. The average Bonchev–Trinajstić information content (AvgIpc) is 2.56. The van der Waals surface area contributed by atoms with Gasteiger partial charge in [-0.2, -0.15) is 0 Å². The van der Waals surface area contributed by atoms with Crippen LogP contribution in [0.25, 0.3) is 0 Å². The van der Waals surface area contributed by atoms with Crippen molar-refractivity contribution >= 4 is 11.8 Å². The molecule has 14 heavy (non-hydrogen) atoms. The number of likely N-dealkylation sites (tertiary alicyclic amines) is 1. The molecule has 4 nitrogen and oxygen atoms in total. The standard InChI is InChI=1S/C10H18N2O2/c1-3-4-5-12-7-8(6-9(12)13)10(14)11-2/h8H,3-7H2,1-2H3,(H,11,14). The van der Waals surface area contributed by atoms with Crippen LogP contribution in [0, 0.1) is 5.92 Å². The van der Waals surface area contributed by atoms with E-state index < -0.39 is 0 Å². The Labute approximate surface area is 84.7 Å². The molecule has 0 aromatic rings. The highest BCUT2D eigenvalue weighted by Gasteiger charge is 2.33. The van der Waals surface area contributed by atoms with Gasteiger partial charge in [0.05, 0.1) is 5.92 Å². The third-order valence-corrected chi connectivity index (χ3v) is 2.61. The number of nitrogens with one attached hydrogen (secondary N) is 1. The fourth-order valence-corrected chi connectivity index (χ4v) is 1.72. The minimum Gasteiger partial charge on any atom is -0.359 e. The van der Waals surface area contributed by atoms with Gasteiger partial charge in [-0.1, -0.05) is 13.3 Å². The molecule has 1 aliphatic heterocycles. The van der Waals surface area contributed by atoms with Gasteiger partial charge < -0.3 is 10.2 Å². The number of amides is 2. The monoisotopic (exact) mass is 198 g/mol. The molecule has 1 saturated heterocycles. The summed E-state index contributed by atoms with van der Waals surface area (Å²) >= 11 is 0. The number of rotatable bonds is 4. The maximum Gasteiger partial charge on any atom is 0.225 e. The zero-order chi connectivity index (χ0) is 10.6. The fraction of sp³-hybridized carbons (Fsp3) is 0.800. The molecule has 80 valence electrons. The largest absolute Gasteiger partial charge is 0.359 e. The molecule has 0 radical (unpaired) electrons. The van der Waals surface area contributed by atoms with Crippen molar-refractivity contribution in [3.63, 3.8) is 0 Å². The lowest BCUT2D eigenvalue weighted by Gasteiger charge is -2.15. The van der Waals surface area contributed by atoms with E-state index in [0.717, 1.165) is 19.4 Å². The predicted molar refractivity (Wildman–Crippen MR) is 53.7 cm³/mol. The molecule has 0 aliphatic carbocycles. The summed E-state index contributed by atoms with van der Waals surface area (Å²) in [6, 6.07) is 0. The molecule has 0 saturated carbocycles. The second-order valence-corrected chi connectivity index (χ2v) is 3.71. The molecule has 0 aromatic heterocycles. The topological polar surface area (TPSA) is 49.4 Å². The highest BCUT2D eigenvalue weighted by Crippen LogP contribution is 2.18. The Morgan fingerprint density at radius 1 is 1.64 bits per heavy atom. The van der Waals surface area contributed by atoms with E-state index in [4.69, 9.17) is 0 Å². The van der Waals surface area contributed by atoms with Crippen molar-refractivity contribution in [3.8, 4) is 0 Å². The minimum absolute atomic E-state index is 0.0163. The van der Waals surface area contributed by atoms with Crippen LogP contribution >= 0.6 is 0 Å². The summed E-state index contributed by atoms with van der Waals surface area (Å²) in [5.74, 6) is -0.0336. The van der Waals surface area contributed by atoms with Crippen LogP contribution in [0.15, 0.2) is 0 Å². The van der Waals surface area contributed by atoms with E-state index in [1.807, 2.05) is 0 Å². The first-order valence-electron chi connectivity index (χ1n) is 5.18. The second-order valence-electron chi connectivity index (χ2n) is 3.71. The maximum absolute atomic E-state index is 11.5. The SMILES string of the molecule is CCCCN1CC(C(=O)NC)CC1=O. The van der Waals surface area contributed by atoms with Crippen molar-refractivity contribution in [2.45, 2.75) is 26.2 Å². The van der Waals surface area contributed by atoms with Crippen molar-refractivity contribution in [1.82, 2.24) is 10.2 Å². The van der Waals surface area contributed by atoms with E-state index >= 15 is 0 Å². The molecule has 0 bridgehead atoms. The summed E-state index contributed by atoms with van der Waals surface area (Å²) in [7, 11) is 1.61. The predicted octanol–water partition coefficient (Wildman–Crippen LogP) is 0.381. The van der Waals surface area contributed by atoms with Crippen LogP contribution in [0.2, 0.25) is 0 Å². The van der Waals surface area contributed by atoms with Gasteiger partial charge in [0.15, 0.2) is 0 Å². The van der Waals surface area contributed by atoms with Gasteiger partial charge in [0, 0.05) is 26.6 Å². The van der Waals surface area contributed by atoms with Gasteiger partial charge in [0.1, 0.15) is 0 Å². The van der Waals surface area contributed by atoms with Crippen LogP contribution in [0.1, 0.15) is 26.2 Å². The number of carbonyl (C=O) groups excluding carboxylic acids is 2. The molecule has 1 rings (SSSR count). The summed E-state index contributed by atoms with van der Waals surface area (Å²) in [5, 5.41) is 2.59. The van der Waals surface area contributed by atoms with E-state index in [1.54, 1.807) is 11.9 Å². The molecule has 0 spiro atoms. The van der Waals surface area contributed by atoms with Gasteiger partial charge in [-0.25, -0.2) is 0 Å². The number of hydrogen-bond acceptors (Lipinski definition) is 2. The summed E-state index contributed by atoms with van der Waals surface area (Å²) < 4.78 is 0. The number of nitrogens with zero attached hydrogens (tertiary/aromatic N) is 1. The Balaban J connectivity index is 2.43. The molecule has 4 heteroatoms. The Hall–Kier alpha value is -1.06. The molecule has 1 aliphatic rings. The fourth-order valence-electron chi connectivity index (χ4n) is 1.72. The Morgan fingerprint density at radius 2 is 2.36 bits per heavy atom. The van der Waals surface area contributed by atoms with Crippen molar-refractivity contribution in [3.05, 3.63) is 0 Å². The third-order valence-electron chi connectivity index (χ3n) is 2.61. The van der Waals surface area contributed by atoms with Crippen LogP contribution in [0.5, 0.6) is 0 Å². The van der Waals surface area contributed by atoms with Gasteiger partial charge in [-0.05, 0) is 6.42 Å². The minimum atomic E-state index is -0.135. The first-order chi connectivity index (χ1) is 6.69. The molecular weight excluding hydrogens is 180 g/mol. The summed E-state index contributed by atoms with van der Waals surface area (Å²) in [6.45, 7) is 3.48. The first kappa shape index (κ1) is 11.0. The van der Waals surface area contributed by atoms with Crippen LogP contribution in [0.4, 0.5) is 0 Å². The van der Waals surface area contributed by atoms with Crippen LogP contribution < -0.4 is 5.32 Å². The van der Waals surface area contributed by atoms with Gasteiger partial charge in [0.25, 0.3) is 0 Å². The van der Waals surface area contributed by atoms with Crippen molar-refractivity contribution in [2.24, 2.45) is 5.92 Å². The normalized spacial score (nSPS) is 21.4. The number of hydrogen-bond donors (Lipinski definition) is 1. The lowest BCUT2D eigenvalue weighted by Crippen LogP contribution is -2.31. The zero-order valence-electron chi connectivity index (χ0n) is 8.88. The van der Waals surface area contributed by atoms with Gasteiger partial charge in [-0.3, -0.25) is 9.59 Å². The van der Waals surface area contributed by atoms with Crippen molar-refractivity contribution in [2.75, 3.05) is 20.1 Å². The Bertz CT molecular complexity index is 228. The highest BCUT2D eigenvalue weighted by atomic mass is 16.2. The maximum atomic E-state index is 11.5. The van der Waals surface area contributed by atoms with Gasteiger partial charge in [-0.15, -0.1) is 0 Å². The van der Waals surface area contributed by atoms with E-state index in [0.29, 0.717) is 13.0 Å². The van der Waals surface area contributed by atoms with E-state index in [-0.39, 0.29) is 17.7 Å². The van der Waals surface area contributed by atoms with E-state index in [2.05, 4.69) is 12.2 Å². The third kappa shape index (κ3) is 2.47. The van der Waals surface area contributed by atoms with Gasteiger partial charge in [0.2, 0.25) is 11.8 Å². The Kier molecular flexibility index (Phi) is 3.92. The lowest BCUT2D eigenvalue weighted by molar-refractivity contribution is -0.128. The summed E-state index contributed by atoms with van der Waals surface area (Å²) in [4.78, 5) is 24.5. The van der Waals surface area contributed by atoms with E-state index in [1.165, 1.54) is 0 Å². The zero-order valence-corrected chi connectivity index (χ0v) is 8.88. The Morgan fingerprint density at radius 3 is 2.93 bits per heavy atom. The van der Waals surface area contributed by atoms with Crippen LogP contribution in [-0.4, -0.2) is 36.9 Å². The lowest BCUT2D eigenvalue weighted by atomic mass is 10.1. The van der Waals surface area contributed by atoms with Crippen LogP contribution in [-0.2, 0) is 9.59 Å². The number of unbranched alkanes of at least 4 members (excludes halogenated alkanes) is 1. The summed E-state index contributed by atoms with van der Waals surface area (Å²) in [5.41, 5.74) is 0. The van der Waals surface area contributed by atoms with Crippen LogP contribution in [0.3, 0.4) is 0 Å². The molecule has 1 N–H and O–H groups in total. The molecule has 0 aromatic carbocycles. The summed E-state index contributed by atoms with van der Waals surface area (Å²) in [6.07, 6.45) is 2.48. The molecule has 1 fully saturated rings. The van der Waals surface area contributed by atoms with E-state index in [9.17, 15) is 9.59 Å². The molecule has 1 atom stereocenters. The van der Waals surface area contributed by atoms with Crippen molar-refractivity contribution in [1.29, 1.82) is 0 Å². The molecule has 1 unspecified atom stereocenters. The quantitative estimate of drug-likeness (QED) is 0.710. The highest BCUT2D eigenvalue weighted by molar-refractivity contribution is 5.89. The molecule has 2 amide bonds. The molecular formula is C10H18N2O2. The van der Waals surface area contributed by atoms with Crippen molar-refractivity contribution < 1.29 is 9.59 Å². The number of carbonyl (C=O) groups is 2. The molecule has 1 heterocycles. The average molecular weight is 198 g/mol.